The number of halogens is 3. The average molecular weight is 525 g/mol. The lowest BCUT2D eigenvalue weighted by Gasteiger charge is -2.25. The summed E-state index contributed by atoms with van der Waals surface area (Å²) in [6.07, 6.45) is -0.455. The summed E-state index contributed by atoms with van der Waals surface area (Å²) in [5.41, 5.74) is 3.07. The van der Waals surface area contributed by atoms with Gasteiger partial charge in [-0.25, -0.2) is 14.8 Å². The molecule has 3 aromatic heterocycles. The molecule has 3 heterocycles. The highest BCUT2D eigenvalue weighted by Gasteiger charge is 2.29. The Hall–Kier alpha value is -3.61. The van der Waals surface area contributed by atoms with Crippen molar-refractivity contribution in [3.63, 3.8) is 0 Å². The Morgan fingerprint density at radius 3 is 2.57 bits per heavy atom. The molecule has 0 radical (unpaired) electrons. The molecule has 37 heavy (non-hydrogen) atoms. The molecule has 1 N–H and O–H groups in total. The third-order valence-electron chi connectivity index (χ3n) is 5.63. The van der Waals surface area contributed by atoms with E-state index >= 15 is 0 Å². The van der Waals surface area contributed by atoms with Crippen LogP contribution in [-0.4, -0.2) is 77.0 Å². The number of hydrogen-bond donors (Lipinski definition) is 1. The maximum absolute atomic E-state index is 12.9. The van der Waals surface area contributed by atoms with Gasteiger partial charge in [0.1, 0.15) is 5.75 Å². The lowest BCUT2D eigenvalue weighted by atomic mass is 10.1. The second-order valence-corrected chi connectivity index (χ2v) is 8.39. The standard InChI is InChI=1S/C24H31F3N6O4/c1-6-32(23(34)30-16(14-35-3)7-8-24(25,26)27)12-17-9-18(20(36-4)10-28-17)19-13-33-11-15(2)29-21(33)22(31-19)37-5/h9-11,13,16H,6-8,12,14H2,1-5H3,(H,30,34). The van der Waals surface area contributed by atoms with Crippen LogP contribution in [-0.2, 0) is 11.3 Å². The highest BCUT2D eigenvalue weighted by molar-refractivity contribution is 5.75. The Balaban J connectivity index is 1.85. The van der Waals surface area contributed by atoms with Crippen LogP contribution in [0.4, 0.5) is 18.0 Å². The number of carbonyl (C=O) groups is 1. The zero-order valence-electron chi connectivity index (χ0n) is 21.4. The van der Waals surface area contributed by atoms with E-state index in [4.69, 9.17) is 14.2 Å². The third-order valence-corrected chi connectivity index (χ3v) is 5.63. The number of fused-ring (bicyclic) bond motifs is 1. The normalized spacial score (nSPS) is 12.4. The molecule has 3 rings (SSSR count). The molecule has 0 aliphatic heterocycles. The number of carbonyl (C=O) groups excluding carboxylic acids is 1. The zero-order valence-corrected chi connectivity index (χ0v) is 21.4. The van der Waals surface area contributed by atoms with E-state index < -0.39 is 24.7 Å². The summed E-state index contributed by atoms with van der Waals surface area (Å²) in [7, 11) is 4.40. The summed E-state index contributed by atoms with van der Waals surface area (Å²) >= 11 is 0. The molecule has 0 aliphatic carbocycles. The van der Waals surface area contributed by atoms with Gasteiger partial charge in [0.15, 0.2) is 0 Å². The monoisotopic (exact) mass is 524 g/mol. The fourth-order valence-electron chi connectivity index (χ4n) is 3.82. The number of urea groups is 1. The molecule has 0 spiro atoms. The van der Waals surface area contributed by atoms with Crippen LogP contribution in [0.3, 0.4) is 0 Å². The number of nitrogens with zero attached hydrogens (tertiary/aromatic N) is 5. The van der Waals surface area contributed by atoms with Gasteiger partial charge in [0.05, 0.1) is 56.7 Å². The first kappa shape index (κ1) is 28.0. The molecule has 3 aromatic rings. The minimum Gasteiger partial charge on any atom is -0.494 e. The number of aryl methyl sites for hydroxylation is 1. The maximum atomic E-state index is 12.9. The van der Waals surface area contributed by atoms with Gasteiger partial charge < -0.3 is 28.8 Å². The summed E-state index contributed by atoms with van der Waals surface area (Å²) in [5, 5.41) is 2.64. The fraction of sp³-hybridized carbons (Fsp3) is 0.500. The number of nitrogens with one attached hydrogen (secondary N) is 1. The molecule has 202 valence electrons. The van der Waals surface area contributed by atoms with Crippen molar-refractivity contribution in [2.45, 2.75) is 45.5 Å². The molecular formula is C24H31F3N6O4. The number of ether oxygens (including phenoxy) is 3. The lowest BCUT2D eigenvalue weighted by molar-refractivity contribution is -0.137. The van der Waals surface area contributed by atoms with Gasteiger partial charge in [-0.1, -0.05) is 0 Å². The predicted octanol–water partition coefficient (Wildman–Crippen LogP) is 4.01. The molecule has 1 unspecified atom stereocenters. The minimum atomic E-state index is -4.32. The van der Waals surface area contributed by atoms with Gasteiger partial charge in [-0.05, 0) is 26.3 Å². The summed E-state index contributed by atoms with van der Waals surface area (Å²) < 4.78 is 55.8. The molecule has 13 heteroatoms. The van der Waals surface area contributed by atoms with Crippen molar-refractivity contribution in [2.24, 2.45) is 0 Å². The molecule has 0 bridgehead atoms. The largest absolute Gasteiger partial charge is 0.494 e. The van der Waals surface area contributed by atoms with E-state index in [1.165, 1.54) is 32.4 Å². The van der Waals surface area contributed by atoms with Crippen LogP contribution < -0.4 is 14.8 Å². The Morgan fingerprint density at radius 1 is 1.19 bits per heavy atom. The lowest BCUT2D eigenvalue weighted by Crippen LogP contribution is -2.46. The number of imidazole rings is 1. The Kier molecular flexibility index (Phi) is 9.14. The van der Waals surface area contributed by atoms with E-state index in [0.717, 1.165) is 5.69 Å². The summed E-state index contributed by atoms with van der Waals surface area (Å²) in [4.78, 5) is 27.7. The number of methoxy groups -OCH3 is 3. The molecule has 2 amide bonds. The van der Waals surface area contributed by atoms with Crippen molar-refractivity contribution in [1.82, 2.24) is 29.6 Å². The second kappa shape index (κ2) is 12.1. The summed E-state index contributed by atoms with van der Waals surface area (Å²) in [6.45, 7) is 4.02. The van der Waals surface area contributed by atoms with Gasteiger partial charge in [0.2, 0.25) is 5.65 Å². The molecule has 10 nitrogen and oxygen atoms in total. The van der Waals surface area contributed by atoms with Crippen molar-refractivity contribution < 1.29 is 32.2 Å². The number of rotatable bonds is 11. The number of amides is 2. The topological polar surface area (TPSA) is 103 Å². The van der Waals surface area contributed by atoms with Crippen LogP contribution in [0.15, 0.2) is 24.7 Å². The van der Waals surface area contributed by atoms with Crippen molar-refractivity contribution in [2.75, 3.05) is 34.5 Å². The second-order valence-electron chi connectivity index (χ2n) is 8.39. The molecule has 0 aliphatic rings. The molecule has 1 atom stereocenters. The summed E-state index contributed by atoms with van der Waals surface area (Å²) in [6, 6.07) is 0.457. The van der Waals surface area contributed by atoms with E-state index in [1.807, 2.05) is 13.1 Å². The van der Waals surface area contributed by atoms with Gasteiger partial charge in [-0.15, -0.1) is 0 Å². The van der Waals surface area contributed by atoms with Crippen molar-refractivity contribution in [1.29, 1.82) is 0 Å². The highest BCUT2D eigenvalue weighted by atomic mass is 19.4. The maximum Gasteiger partial charge on any atom is 0.389 e. The van der Waals surface area contributed by atoms with E-state index in [1.54, 1.807) is 23.6 Å². The first-order chi connectivity index (χ1) is 17.6. The Morgan fingerprint density at radius 2 is 1.95 bits per heavy atom. The fourth-order valence-corrected chi connectivity index (χ4v) is 3.82. The minimum absolute atomic E-state index is 0.0337. The van der Waals surface area contributed by atoms with E-state index in [2.05, 4.69) is 20.3 Å². The van der Waals surface area contributed by atoms with Gasteiger partial charge in [-0.3, -0.25) is 4.98 Å². The average Bonchev–Trinajstić information content (AvgIpc) is 3.24. The number of aromatic nitrogens is 4. The molecule has 0 saturated carbocycles. The first-order valence-corrected chi connectivity index (χ1v) is 11.6. The van der Waals surface area contributed by atoms with Crippen LogP contribution in [0.5, 0.6) is 11.6 Å². The van der Waals surface area contributed by atoms with Crippen molar-refractivity contribution in [3.8, 4) is 22.9 Å². The van der Waals surface area contributed by atoms with Crippen LogP contribution in [0, 0.1) is 6.92 Å². The van der Waals surface area contributed by atoms with E-state index in [9.17, 15) is 18.0 Å². The predicted molar refractivity (Wildman–Crippen MR) is 130 cm³/mol. The SMILES string of the molecule is CCN(Cc1cc(-c2cn3cc(C)nc3c(OC)n2)c(OC)cn1)C(=O)NC(CCC(F)(F)F)COC. The Labute approximate surface area is 212 Å². The quantitative estimate of drug-likeness (QED) is 0.404. The zero-order chi connectivity index (χ0) is 27.2. The number of alkyl halides is 3. The van der Waals surface area contributed by atoms with Crippen LogP contribution in [0.25, 0.3) is 16.9 Å². The van der Waals surface area contributed by atoms with E-state index in [-0.39, 0.29) is 19.6 Å². The molecule has 0 aromatic carbocycles. The van der Waals surface area contributed by atoms with E-state index in [0.29, 0.717) is 40.8 Å². The van der Waals surface area contributed by atoms with Crippen LogP contribution >= 0.6 is 0 Å². The van der Waals surface area contributed by atoms with Gasteiger partial charge in [0, 0.05) is 38.0 Å². The highest BCUT2D eigenvalue weighted by Crippen LogP contribution is 2.31. The van der Waals surface area contributed by atoms with Crippen molar-refractivity contribution in [3.05, 3.63) is 36.0 Å². The molecule has 0 fully saturated rings. The van der Waals surface area contributed by atoms with Gasteiger partial charge in [0.25, 0.3) is 5.88 Å². The summed E-state index contributed by atoms with van der Waals surface area (Å²) in [5.74, 6) is 0.804. The van der Waals surface area contributed by atoms with Crippen LogP contribution in [0.2, 0.25) is 0 Å². The third kappa shape index (κ3) is 7.21. The smallest absolute Gasteiger partial charge is 0.389 e. The van der Waals surface area contributed by atoms with Gasteiger partial charge in [-0.2, -0.15) is 13.2 Å². The number of hydrogen-bond acceptors (Lipinski definition) is 7. The first-order valence-electron chi connectivity index (χ1n) is 11.6. The van der Waals surface area contributed by atoms with Crippen LogP contribution in [0.1, 0.15) is 31.2 Å². The molecular weight excluding hydrogens is 493 g/mol. The van der Waals surface area contributed by atoms with Gasteiger partial charge >= 0.3 is 12.2 Å². The molecule has 0 saturated heterocycles. The number of pyridine rings is 1. The van der Waals surface area contributed by atoms with Crippen molar-refractivity contribution >= 4 is 11.7 Å². The Bertz CT molecular complexity index is 1220.